The molecule has 0 aromatic carbocycles. The molecule has 1 aliphatic heterocycles. The number of carbonyl (C=O) groups excluding carboxylic acids is 1. The molecule has 0 N–H and O–H groups in total. The third kappa shape index (κ3) is 4.90. The van der Waals surface area contributed by atoms with Crippen LogP contribution in [0.1, 0.15) is 105 Å². The Morgan fingerprint density at radius 1 is 1.06 bits per heavy atom. The zero-order chi connectivity index (χ0) is 25.5. The second kappa shape index (κ2) is 10.6. The van der Waals surface area contributed by atoms with Crippen LogP contribution in [-0.2, 0) is 4.74 Å². The minimum absolute atomic E-state index is 0.0589. The van der Waals surface area contributed by atoms with Gasteiger partial charge in [0.25, 0.3) is 0 Å². The van der Waals surface area contributed by atoms with Crippen LogP contribution in [0.5, 0.6) is 0 Å². The molecule has 0 aromatic rings. The number of carbonyl (C=O) groups is 1. The summed E-state index contributed by atoms with van der Waals surface area (Å²) in [7, 11) is 0. The maximum Gasteiger partial charge on any atom is 0.410 e. The highest BCUT2D eigenvalue weighted by molar-refractivity contribution is 5.68. The fourth-order valence-electron chi connectivity index (χ4n) is 9.76. The van der Waals surface area contributed by atoms with Crippen molar-refractivity contribution in [2.24, 2.45) is 46.3 Å². The van der Waals surface area contributed by atoms with Crippen LogP contribution in [0.15, 0.2) is 11.6 Å². The zero-order valence-electron chi connectivity index (χ0n) is 23.9. The third-order valence-corrected chi connectivity index (χ3v) is 11.8. The minimum Gasteiger partial charge on any atom is -0.446 e. The number of hydrogen-bond acceptors (Lipinski definition) is 2. The van der Waals surface area contributed by atoms with Crippen LogP contribution in [0.2, 0.25) is 0 Å². The molecule has 8 atom stereocenters. The number of amides is 1. The quantitative estimate of drug-likeness (QED) is 0.358. The minimum atomic E-state index is -0.110. The summed E-state index contributed by atoms with van der Waals surface area (Å²) in [6.45, 7) is 15.5. The lowest BCUT2D eigenvalue weighted by atomic mass is 9.47. The van der Waals surface area contributed by atoms with E-state index in [-0.39, 0.29) is 12.2 Å². The zero-order valence-corrected chi connectivity index (χ0v) is 23.9. The normalized spacial score (nSPS) is 41.2. The lowest BCUT2D eigenvalue weighted by Gasteiger charge is -2.58. The van der Waals surface area contributed by atoms with E-state index in [0.29, 0.717) is 23.9 Å². The van der Waals surface area contributed by atoms with Gasteiger partial charge in [-0.25, -0.2) is 10.1 Å². The topological polar surface area (TPSA) is 43.6 Å². The van der Waals surface area contributed by atoms with Crippen LogP contribution in [-0.4, -0.2) is 43.3 Å². The maximum atomic E-state index is 12.7. The van der Waals surface area contributed by atoms with Gasteiger partial charge >= 0.3 is 6.09 Å². The van der Waals surface area contributed by atoms with Gasteiger partial charge in [-0.3, -0.25) is 0 Å². The second-order valence-electron chi connectivity index (χ2n) is 14.2. The van der Waals surface area contributed by atoms with Crippen molar-refractivity contribution < 1.29 is 9.53 Å². The van der Waals surface area contributed by atoms with E-state index in [9.17, 15) is 4.79 Å². The van der Waals surface area contributed by atoms with Crippen LogP contribution in [0.3, 0.4) is 0 Å². The van der Waals surface area contributed by atoms with Gasteiger partial charge in [0.1, 0.15) is 6.10 Å². The number of fused-ring (bicyclic) bond motifs is 5. The van der Waals surface area contributed by atoms with Crippen molar-refractivity contribution in [3.8, 4) is 0 Å². The van der Waals surface area contributed by atoms with Crippen LogP contribution in [0.25, 0.3) is 0 Å². The van der Waals surface area contributed by atoms with E-state index in [4.69, 9.17) is 4.74 Å². The highest BCUT2D eigenvalue weighted by Gasteiger charge is 2.59. The van der Waals surface area contributed by atoms with E-state index in [2.05, 4.69) is 46.0 Å². The van der Waals surface area contributed by atoms with E-state index >= 15 is 0 Å². The molecule has 36 heavy (non-hydrogen) atoms. The summed E-state index contributed by atoms with van der Waals surface area (Å²) in [5.41, 5.74) is 2.48. The molecule has 1 radical (unpaired) electrons. The van der Waals surface area contributed by atoms with Gasteiger partial charge in [-0.2, -0.15) is 0 Å². The first-order valence-electron chi connectivity index (χ1n) is 15.5. The highest BCUT2D eigenvalue weighted by Crippen LogP contribution is 2.67. The lowest BCUT2D eigenvalue weighted by molar-refractivity contribution is -0.0594. The Morgan fingerprint density at radius 2 is 1.83 bits per heavy atom. The van der Waals surface area contributed by atoms with Gasteiger partial charge in [-0.1, -0.05) is 65.5 Å². The van der Waals surface area contributed by atoms with E-state index < -0.39 is 0 Å². The number of rotatable bonds is 6. The molecule has 4 aliphatic carbocycles. The molecule has 0 unspecified atom stereocenters. The molecule has 4 fully saturated rings. The Kier molecular flexibility index (Phi) is 7.84. The van der Waals surface area contributed by atoms with Gasteiger partial charge in [0, 0.05) is 32.6 Å². The van der Waals surface area contributed by atoms with Gasteiger partial charge in [0.2, 0.25) is 0 Å². The van der Waals surface area contributed by atoms with Crippen molar-refractivity contribution >= 4 is 6.09 Å². The van der Waals surface area contributed by atoms with Crippen molar-refractivity contribution in [1.29, 1.82) is 0 Å². The largest absolute Gasteiger partial charge is 0.446 e. The van der Waals surface area contributed by atoms with Crippen molar-refractivity contribution in [2.45, 2.75) is 111 Å². The molecular formula is C32H53N2O2. The molecule has 4 nitrogen and oxygen atoms in total. The van der Waals surface area contributed by atoms with Crippen LogP contribution >= 0.6 is 0 Å². The predicted molar refractivity (Wildman–Crippen MR) is 147 cm³/mol. The molecule has 4 heteroatoms. The van der Waals surface area contributed by atoms with Crippen molar-refractivity contribution in [1.82, 2.24) is 10.2 Å². The smallest absolute Gasteiger partial charge is 0.410 e. The van der Waals surface area contributed by atoms with Gasteiger partial charge < -0.3 is 9.64 Å². The molecule has 1 amide bonds. The summed E-state index contributed by atoms with van der Waals surface area (Å²) in [4.78, 5) is 14.6. The molecule has 3 saturated carbocycles. The summed E-state index contributed by atoms with van der Waals surface area (Å²) in [6, 6.07) is 0. The van der Waals surface area contributed by atoms with Crippen molar-refractivity contribution in [3.63, 3.8) is 0 Å². The summed E-state index contributed by atoms with van der Waals surface area (Å²) in [5.74, 6) is 5.23. The fraction of sp³-hybridized carbons (Fsp3) is 0.906. The first kappa shape index (κ1) is 26.6. The molecule has 1 saturated heterocycles. The first-order valence-corrected chi connectivity index (χ1v) is 15.5. The highest BCUT2D eigenvalue weighted by atomic mass is 16.6. The van der Waals surface area contributed by atoms with Crippen LogP contribution in [0, 0.1) is 46.3 Å². The molecular weight excluding hydrogens is 444 g/mol. The number of piperazine rings is 1. The van der Waals surface area contributed by atoms with E-state index in [1.54, 1.807) is 5.57 Å². The summed E-state index contributed by atoms with van der Waals surface area (Å²) in [6.07, 6.45) is 17.0. The van der Waals surface area contributed by atoms with Gasteiger partial charge in [0.15, 0.2) is 0 Å². The van der Waals surface area contributed by atoms with Crippen molar-refractivity contribution in [2.75, 3.05) is 26.2 Å². The molecule has 5 aliphatic rings. The second-order valence-corrected chi connectivity index (χ2v) is 14.2. The summed E-state index contributed by atoms with van der Waals surface area (Å²) in [5, 5.41) is 4.36. The van der Waals surface area contributed by atoms with E-state index in [0.717, 1.165) is 61.4 Å². The Labute approximate surface area is 221 Å². The standard InChI is InChI=1S/C32H53N2O2/c1-22(2)7-6-8-23(3)27-11-12-28-26-10-9-24-21-25(36-30(35)34-19-17-33-18-20-34)13-15-31(24,4)29(26)14-16-32(27,28)5/h9,22-23,25-29H,6-8,10-21H2,1-5H3/t23-,25+,26+,27-,28+,29+,31+,32-/m1/s1. The average molecular weight is 498 g/mol. The monoisotopic (exact) mass is 497 g/mol. The molecule has 1 heterocycles. The molecule has 5 rings (SSSR count). The van der Waals surface area contributed by atoms with Crippen LogP contribution in [0.4, 0.5) is 4.79 Å². The number of allylic oxidation sites excluding steroid dienone is 1. The fourth-order valence-corrected chi connectivity index (χ4v) is 9.76. The van der Waals surface area contributed by atoms with Crippen LogP contribution < -0.4 is 5.32 Å². The first-order chi connectivity index (χ1) is 17.2. The predicted octanol–water partition coefficient (Wildman–Crippen LogP) is 7.45. The Morgan fingerprint density at radius 3 is 2.58 bits per heavy atom. The number of ether oxygens (including phenoxy) is 1. The third-order valence-electron chi connectivity index (χ3n) is 11.8. The summed E-state index contributed by atoms with van der Waals surface area (Å²) >= 11 is 0. The Balaban J connectivity index is 1.23. The molecule has 0 spiro atoms. The van der Waals surface area contributed by atoms with Crippen molar-refractivity contribution in [3.05, 3.63) is 11.6 Å². The Hall–Kier alpha value is -1.03. The lowest BCUT2D eigenvalue weighted by Crippen LogP contribution is -2.51. The van der Waals surface area contributed by atoms with Gasteiger partial charge in [-0.15, -0.1) is 0 Å². The molecule has 203 valence electrons. The maximum absolute atomic E-state index is 12.7. The van der Waals surface area contributed by atoms with E-state index in [1.165, 1.54) is 57.8 Å². The SMILES string of the molecule is CC(C)CCC[C@@H](C)[C@H]1CC[C@H]2[C@@H]3CC=C4C[C@@H](OC(=O)N5CC[N]CC5)CC[C@]4(C)[C@H]3CC[C@]12C. The van der Waals surface area contributed by atoms with E-state index in [1.807, 2.05) is 4.90 Å². The Bertz CT molecular complexity index is 817. The molecule has 0 aromatic heterocycles. The molecule has 0 bridgehead atoms. The number of nitrogens with zero attached hydrogens (tertiary/aromatic N) is 2. The average Bonchev–Trinajstić information content (AvgIpc) is 3.22. The summed E-state index contributed by atoms with van der Waals surface area (Å²) < 4.78 is 6.04. The van der Waals surface area contributed by atoms with Gasteiger partial charge in [0.05, 0.1) is 0 Å². The number of hydrogen-bond donors (Lipinski definition) is 0. The van der Waals surface area contributed by atoms with Gasteiger partial charge in [-0.05, 0) is 91.3 Å².